The zero-order chi connectivity index (χ0) is 19.5. The summed E-state index contributed by atoms with van der Waals surface area (Å²) in [4.78, 5) is 9.10. The van der Waals surface area contributed by atoms with Crippen LogP contribution in [0.15, 0.2) is 104 Å². The second-order valence-corrected chi connectivity index (χ2v) is 6.93. The summed E-state index contributed by atoms with van der Waals surface area (Å²) in [6.07, 6.45) is 5.78. The molecule has 0 aliphatic rings. The van der Waals surface area contributed by atoms with Gasteiger partial charge in [-0.05, 0) is 17.7 Å². The third-order valence-corrected chi connectivity index (χ3v) is 4.99. The van der Waals surface area contributed by atoms with Crippen molar-refractivity contribution in [3.63, 3.8) is 0 Å². The second kappa shape index (κ2) is 7.60. The summed E-state index contributed by atoms with van der Waals surface area (Å²) in [5, 5.41) is 3.44. The number of hydrogen-bond acceptors (Lipinski definition) is 3. The highest BCUT2D eigenvalue weighted by Gasteiger charge is 2.08. The molecule has 0 bridgehead atoms. The van der Waals surface area contributed by atoms with E-state index in [4.69, 9.17) is 0 Å². The van der Waals surface area contributed by atoms with Gasteiger partial charge in [-0.2, -0.15) is 0 Å². The van der Waals surface area contributed by atoms with Gasteiger partial charge in [-0.3, -0.25) is 9.38 Å². The standard InChI is InChI=1S/C25H20N4/c1-3-7-21(8-4-1)24-16-28-25-17-27-23(18-29(24)25)20-13-11-19(12-14-20)15-26-22-9-5-2-6-10-22/h1-14,16-18,26H,15H2. The fourth-order valence-electron chi connectivity index (χ4n) is 3.41. The zero-order valence-corrected chi connectivity index (χ0v) is 15.9. The topological polar surface area (TPSA) is 42.2 Å². The molecule has 0 radical (unpaired) electrons. The molecule has 0 spiro atoms. The van der Waals surface area contributed by atoms with Gasteiger partial charge >= 0.3 is 0 Å². The van der Waals surface area contributed by atoms with E-state index in [9.17, 15) is 0 Å². The minimum absolute atomic E-state index is 0.788. The quantitative estimate of drug-likeness (QED) is 0.429. The summed E-state index contributed by atoms with van der Waals surface area (Å²) >= 11 is 0. The largest absolute Gasteiger partial charge is 0.381 e. The second-order valence-electron chi connectivity index (χ2n) is 6.93. The lowest BCUT2D eigenvalue weighted by Crippen LogP contribution is -1.99. The van der Waals surface area contributed by atoms with Crippen molar-refractivity contribution in [2.75, 3.05) is 5.32 Å². The predicted molar refractivity (Wildman–Crippen MR) is 118 cm³/mol. The van der Waals surface area contributed by atoms with Gasteiger partial charge in [0.1, 0.15) is 0 Å². The van der Waals surface area contributed by atoms with Crippen LogP contribution in [0.4, 0.5) is 5.69 Å². The van der Waals surface area contributed by atoms with Crippen LogP contribution in [-0.4, -0.2) is 14.4 Å². The van der Waals surface area contributed by atoms with Crippen molar-refractivity contribution >= 4 is 11.3 Å². The minimum atomic E-state index is 0.788. The van der Waals surface area contributed by atoms with E-state index in [2.05, 4.69) is 74.4 Å². The van der Waals surface area contributed by atoms with Crippen LogP contribution in [0.2, 0.25) is 0 Å². The summed E-state index contributed by atoms with van der Waals surface area (Å²) in [5.41, 5.74) is 7.41. The van der Waals surface area contributed by atoms with Crippen LogP contribution in [0.5, 0.6) is 0 Å². The molecule has 4 heteroatoms. The number of para-hydroxylation sites is 1. The molecular weight excluding hydrogens is 356 g/mol. The molecule has 5 aromatic rings. The van der Waals surface area contributed by atoms with E-state index >= 15 is 0 Å². The van der Waals surface area contributed by atoms with Gasteiger partial charge in [0.15, 0.2) is 5.65 Å². The summed E-state index contributed by atoms with van der Waals surface area (Å²) in [5.74, 6) is 0. The van der Waals surface area contributed by atoms with Gasteiger partial charge in [0.05, 0.1) is 23.8 Å². The molecule has 0 amide bonds. The van der Waals surface area contributed by atoms with Crippen molar-refractivity contribution in [1.82, 2.24) is 14.4 Å². The Kier molecular flexibility index (Phi) is 4.51. The van der Waals surface area contributed by atoms with Gasteiger partial charge in [0.25, 0.3) is 0 Å². The third kappa shape index (κ3) is 3.60. The molecule has 4 nitrogen and oxygen atoms in total. The number of benzene rings is 3. The Hall–Kier alpha value is -3.92. The van der Waals surface area contributed by atoms with Crippen LogP contribution in [-0.2, 0) is 6.54 Å². The van der Waals surface area contributed by atoms with E-state index < -0.39 is 0 Å². The van der Waals surface area contributed by atoms with Gasteiger partial charge < -0.3 is 5.32 Å². The molecule has 2 heterocycles. The van der Waals surface area contributed by atoms with Gasteiger partial charge in [-0.15, -0.1) is 0 Å². The van der Waals surface area contributed by atoms with Gasteiger partial charge in [-0.25, -0.2) is 4.98 Å². The minimum Gasteiger partial charge on any atom is -0.381 e. The van der Waals surface area contributed by atoms with Crippen LogP contribution in [0.3, 0.4) is 0 Å². The highest BCUT2D eigenvalue weighted by atomic mass is 15.0. The Morgan fingerprint density at radius 2 is 1.41 bits per heavy atom. The number of nitrogens with one attached hydrogen (secondary N) is 1. The van der Waals surface area contributed by atoms with Crippen LogP contribution >= 0.6 is 0 Å². The lowest BCUT2D eigenvalue weighted by atomic mass is 10.1. The van der Waals surface area contributed by atoms with Crippen molar-refractivity contribution in [2.45, 2.75) is 6.54 Å². The lowest BCUT2D eigenvalue weighted by Gasteiger charge is -2.08. The summed E-state index contributed by atoms with van der Waals surface area (Å²) in [7, 11) is 0. The summed E-state index contributed by atoms with van der Waals surface area (Å²) in [6, 6.07) is 29.1. The highest BCUT2D eigenvalue weighted by Crippen LogP contribution is 2.24. The van der Waals surface area contributed by atoms with E-state index in [0.29, 0.717) is 0 Å². The molecule has 1 N–H and O–H groups in total. The van der Waals surface area contributed by atoms with Gasteiger partial charge in [0.2, 0.25) is 0 Å². The molecule has 0 aliphatic heterocycles. The normalized spacial score (nSPS) is 10.9. The van der Waals surface area contributed by atoms with E-state index in [1.807, 2.05) is 48.8 Å². The molecule has 0 fully saturated rings. The van der Waals surface area contributed by atoms with Crippen LogP contribution < -0.4 is 5.32 Å². The molecular formula is C25H20N4. The number of imidazole rings is 1. The molecule has 29 heavy (non-hydrogen) atoms. The molecule has 5 rings (SSSR count). The Balaban J connectivity index is 1.40. The maximum Gasteiger partial charge on any atom is 0.155 e. The molecule has 140 valence electrons. The van der Waals surface area contributed by atoms with Crippen LogP contribution in [0.1, 0.15) is 5.56 Å². The maximum absolute atomic E-state index is 4.61. The first-order valence-electron chi connectivity index (χ1n) is 9.63. The first-order valence-corrected chi connectivity index (χ1v) is 9.63. The Morgan fingerprint density at radius 3 is 2.17 bits per heavy atom. The number of aromatic nitrogens is 3. The number of fused-ring (bicyclic) bond motifs is 1. The van der Waals surface area contributed by atoms with Gasteiger partial charge in [0, 0.05) is 29.6 Å². The summed E-state index contributed by atoms with van der Waals surface area (Å²) in [6.45, 7) is 0.788. The average Bonchev–Trinajstić information content (AvgIpc) is 3.23. The molecule has 3 aromatic carbocycles. The smallest absolute Gasteiger partial charge is 0.155 e. The average molecular weight is 376 g/mol. The van der Waals surface area contributed by atoms with Crippen molar-refractivity contribution in [3.8, 4) is 22.5 Å². The molecule has 0 saturated heterocycles. The zero-order valence-electron chi connectivity index (χ0n) is 15.9. The van der Waals surface area contributed by atoms with Crippen LogP contribution in [0, 0.1) is 0 Å². The van der Waals surface area contributed by atoms with Crippen molar-refractivity contribution < 1.29 is 0 Å². The van der Waals surface area contributed by atoms with Crippen molar-refractivity contribution in [2.24, 2.45) is 0 Å². The maximum atomic E-state index is 4.61. The van der Waals surface area contributed by atoms with E-state index in [0.717, 1.165) is 40.4 Å². The number of anilines is 1. The molecule has 0 unspecified atom stereocenters. The molecule has 0 atom stereocenters. The third-order valence-electron chi connectivity index (χ3n) is 4.99. The number of hydrogen-bond donors (Lipinski definition) is 1. The van der Waals surface area contributed by atoms with Crippen molar-refractivity contribution in [3.05, 3.63) is 109 Å². The van der Waals surface area contributed by atoms with Crippen LogP contribution in [0.25, 0.3) is 28.2 Å². The predicted octanol–water partition coefficient (Wildman–Crippen LogP) is 5.68. The van der Waals surface area contributed by atoms with E-state index in [1.165, 1.54) is 5.56 Å². The van der Waals surface area contributed by atoms with Gasteiger partial charge in [-0.1, -0.05) is 72.8 Å². The molecule has 0 saturated carbocycles. The lowest BCUT2D eigenvalue weighted by molar-refractivity contribution is 1.13. The Bertz CT molecular complexity index is 1230. The number of nitrogens with zero attached hydrogens (tertiary/aromatic N) is 3. The molecule has 0 aliphatic carbocycles. The SMILES string of the molecule is c1ccc(NCc2ccc(-c3cn4c(-c5ccccc5)cnc4cn3)cc2)cc1. The molecule has 2 aromatic heterocycles. The first kappa shape index (κ1) is 17.2. The fraction of sp³-hybridized carbons (Fsp3) is 0.0400. The first-order chi connectivity index (χ1) is 14.4. The van der Waals surface area contributed by atoms with E-state index in [1.54, 1.807) is 0 Å². The fourth-order valence-corrected chi connectivity index (χ4v) is 3.41. The number of rotatable bonds is 5. The van der Waals surface area contributed by atoms with E-state index in [-0.39, 0.29) is 0 Å². The van der Waals surface area contributed by atoms with Crippen molar-refractivity contribution in [1.29, 1.82) is 0 Å². The Morgan fingerprint density at radius 1 is 0.690 bits per heavy atom. The summed E-state index contributed by atoms with van der Waals surface area (Å²) < 4.78 is 2.10. The monoisotopic (exact) mass is 376 g/mol. The Labute approximate surface area is 169 Å². The highest BCUT2D eigenvalue weighted by molar-refractivity contribution is 5.66.